The van der Waals surface area contributed by atoms with Gasteiger partial charge < -0.3 is 4.85 Å². The molecule has 0 aliphatic carbocycles. The van der Waals surface area contributed by atoms with Crippen molar-refractivity contribution in [2.75, 3.05) is 0 Å². The van der Waals surface area contributed by atoms with Gasteiger partial charge in [-0.2, -0.15) is 0 Å². The second kappa shape index (κ2) is 3.28. The summed E-state index contributed by atoms with van der Waals surface area (Å²) in [5.41, 5.74) is 2.68. The topological polar surface area (TPSA) is 31.3 Å². The van der Waals surface area contributed by atoms with Gasteiger partial charge in [-0.3, -0.25) is 9.13 Å². The van der Waals surface area contributed by atoms with Crippen LogP contribution in [0.1, 0.15) is 5.56 Å². The molecule has 0 fully saturated rings. The van der Waals surface area contributed by atoms with Crippen molar-refractivity contribution in [3.8, 4) is 0 Å². The number of nitrogens with zero attached hydrogens (tertiary/aromatic N) is 3. The van der Waals surface area contributed by atoms with Crippen molar-refractivity contribution in [1.82, 2.24) is 9.13 Å². The van der Waals surface area contributed by atoms with Crippen molar-refractivity contribution in [2.45, 2.75) is 6.54 Å². The van der Waals surface area contributed by atoms with E-state index < -0.39 is 0 Å². The number of aromatic nitrogens is 2. The smallest absolute Gasteiger partial charge is 0.312 e. The predicted octanol–water partition coefficient (Wildman–Crippen LogP) is 1.30. The van der Waals surface area contributed by atoms with Crippen LogP contribution >= 0.6 is 0 Å². The van der Waals surface area contributed by atoms with Crippen molar-refractivity contribution in [2.24, 2.45) is 14.1 Å². The van der Waals surface area contributed by atoms with Crippen LogP contribution in [-0.2, 0) is 20.6 Å². The zero-order valence-corrected chi connectivity index (χ0v) is 8.69. The summed E-state index contributed by atoms with van der Waals surface area (Å²) < 4.78 is 3.21. The zero-order valence-electron chi connectivity index (χ0n) is 8.69. The van der Waals surface area contributed by atoms with Crippen LogP contribution in [0.25, 0.3) is 15.9 Å². The van der Waals surface area contributed by atoms with Gasteiger partial charge in [0.25, 0.3) is 0 Å². The maximum absolute atomic E-state index is 11.6. The second-order valence-electron chi connectivity index (χ2n) is 3.54. The highest BCUT2D eigenvalue weighted by atomic mass is 16.1. The standard InChI is InChI=1S/C11H11N3O/c1-12-7-8-4-5-9-10(6-8)14(3)11(15)13(9)2/h4-6H,7H2,2-3H3. The van der Waals surface area contributed by atoms with E-state index in [4.69, 9.17) is 6.57 Å². The molecular formula is C11H11N3O. The third-order valence-electron chi connectivity index (χ3n) is 2.60. The van der Waals surface area contributed by atoms with Gasteiger partial charge in [-0.25, -0.2) is 11.4 Å². The van der Waals surface area contributed by atoms with Gasteiger partial charge in [0.15, 0.2) is 0 Å². The molecule has 1 aromatic carbocycles. The minimum absolute atomic E-state index is 0.0371. The molecule has 0 spiro atoms. The van der Waals surface area contributed by atoms with Crippen molar-refractivity contribution in [3.05, 3.63) is 45.7 Å². The summed E-state index contributed by atoms with van der Waals surface area (Å²) in [5.74, 6) is 0. The van der Waals surface area contributed by atoms with E-state index in [1.165, 1.54) is 0 Å². The molecule has 0 aliphatic heterocycles. The minimum Gasteiger partial charge on any atom is -0.312 e. The monoisotopic (exact) mass is 201 g/mol. The predicted molar refractivity (Wildman–Crippen MR) is 58.5 cm³/mol. The Hall–Kier alpha value is -2.02. The lowest BCUT2D eigenvalue weighted by molar-refractivity contribution is 0.795. The minimum atomic E-state index is -0.0371. The van der Waals surface area contributed by atoms with Crippen LogP contribution in [0.2, 0.25) is 0 Å². The van der Waals surface area contributed by atoms with E-state index in [0.717, 1.165) is 16.6 Å². The number of imidazole rings is 1. The number of aryl methyl sites for hydroxylation is 2. The highest BCUT2D eigenvalue weighted by molar-refractivity contribution is 5.76. The largest absolute Gasteiger partial charge is 0.328 e. The Morgan fingerprint density at radius 3 is 2.60 bits per heavy atom. The Morgan fingerprint density at radius 2 is 1.93 bits per heavy atom. The molecule has 4 nitrogen and oxygen atoms in total. The number of fused-ring (bicyclic) bond motifs is 1. The van der Waals surface area contributed by atoms with E-state index in [0.29, 0.717) is 6.54 Å². The summed E-state index contributed by atoms with van der Waals surface area (Å²) in [6.45, 7) is 7.16. The highest BCUT2D eigenvalue weighted by Crippen LogP contribution is 2.14. The molecule has 0 unspecified atom stereocenters. The lowest BCUT2D eigenvalue weighted by Gasteiger charge is -1.96. The molecule has 0 bridgehead atoms. The van der Waals surface area contributed by atoms with Crippen molar-refractivity contribution < 1.29 is 0 Å². The normalized spacial score (nSPS) is 10.5. The molecule has 4 heteroatoms. The fourth-order valence-electron chi connectivity index (χ4n) is 1.74. The quantitative estimate of drug-likeness (QED) is 0.640. The molecule has 15 heavy (non-hydrogen) atoms. The molecule has 0 atom stereocenters. The molecular weight excluding hydrogens is 190 g/mol. The molecule has 2 aromatic rings. The second-order valence-corrected chi connectivity index (χ2v) is 3.54. The lowest BCUT2D eigenvalue weighted by Crippen LogP contribution is -2.19. The molecule has 0 radical (unpaired) electrons. The molecule has 1 aromatic heterocycles. The maximum Gasteiger partial charge on any atom is 0.328 e. The van der Waals surface area contributed by atoms with E-state index in [-0.39, 0.29) is 5.69 Å². The van der Waals surface area contributed by atoms with Gasteiger partial charge in [0, 0.05) is 19.7 Å². The SMILES string of the molecule is [C-]#[N+]Cc1ccc2c(c1)n(C)c(=O)n2C. The van der Waals surface area contributed by atoms with E-state index in [2.05, 4.69) is 4.85 Å². The lowest BCUT2D eigenvalue weighted by atomic mass is 10.2. The average Bonchev–Trinajstić information content (AvgIpc) is 2.45. The van der Waals surface area contributed by atoms with Crippen molar-refractivity contribution in [1.29, 1.82) is 0 Å². The Balaban J connectivity index is 2.78. The van der Waals surface area contributed by atoms with Crippen LogP contribution in [0.4, 0.5) is 0 Å². The van der Waals surface area contributed by atoms with Crippen LogP contribution in [0, 0.1) is 6.57 Å². The number of benzene rings is 1. The molecule has 0 amide bonds. The van der Waals surface area contributed by atoms with Gasteiger partial charge in [0.05, 0.1) is 11.0 Å². The Kier molecular flexibility index (Phi) is 2.09. The Labute approximate surface area is 87.2 Å². The first-order valence-electron chi connectivity index (χ1n) is 4.62. The molecule has 2 rings (SSSR count). The van der Waals surface area contributed by atoms with Gasteiger partial charge in [0.2, 0.25) is 6.54 Å². The van der Waals surface area contributed by atoms with Gasteiger partial charge in [0.1, 0.15) is 0 Å². The van der Waals surface area contributed by atoms with Crippen LogP contribution in [0.5, 0.6) is 0 Å². The molecule has 0 aliphatic rings. The summed E-state index contributed by atoms with van der Waals surface area (Å²) >= 11 is 0. The molecule has 76 valence electrons. The van der Waals surface area contributed by atoms with Crippen LogP contribution in [0.3, 0.4) is 0 Å². The molecule has 1 heterocycles. The molecule has 0 saturated carbocycles. The van der Waals surface area contributed by atoms with Gasteiger partial charge in [-0.05, 0) is 18.2 Å². The zero-order chi connectivity index (χ0) is 11.0. The van der Waals surface area contributed by atoms with E-state index in [1.807, 2.05) is 18.2 Å². The van der Waals surface area contributed by atoms with E-state index in [1.54, 1.807) is 23.2 Å². The summed E-state index contributed by atoms with van der Waals surface area (Å²) in [4.78, 5) is 15.0. The summed E-state index contributed by atoms with van der Waals surface area (Å²) in [5, 5.41) is 0. The molecule has 0 N–H and O–H groups in total. The van der Waals surface area contributed by atoms with Gasteiger partial charge in [-0.15, -0.1) is 0 Å². The fraction of sp³-hybridized carbons (Fsp3) is 0.273. The summed E-state index contributed by atoms with van der Waals surface area (Å²) in [7, 11) is 3.49. The average molecular weight is 201 g/mol. The third-order valence-corrected chi connectivity index (χ3v) is 2.60. The first kappa shape index (κ1) is 9.53. The fourth-order valence-corrected chi connectivity index (χ4v) is 1.74. The Bertz CT molecular complexity index is 613. The Morgan fingerprint density at radius 1 is 1.27 bits per heavy atom. The van der Waals surface area contributed by atoms with Crippen molar-refractivity contribution in [3.63, 3.8) is 0 Å². The summed E-state index contributed by atoms with van der Waals surface area (Å²) in [6.07, 6.45) is 0. The number of hydrogen-bond acceptors (Lipinski definition) is 1. The van der Waals surface area contributed by atoms with Crippen molar-refractivity contribution >= 4 is 11.0 Å². The van der Waals surface area contributed by atoms with Gasteiger partial charge in [-0.1, -0.05) is 0 Å². The van der Waals surface area contributed by atoms with E-state index in [9.17, 15) is 4.79 Å². The molecule has 0 saturated heterocycles. The van der Waals surface area contributed by atoms with Crippen LogP contribution in [0.15, 0.2) is 23.0 Å². The number of hydrogen-bond donors (Lipinski definition) is 0. The first-order chi connectivity index (χ1) is 7.15. The summed E-state index contributed by atoms with van der Waals surface area (Å²) in [6, 6.07) is 5.67. The number of rotatable bonds is 1. The van der Waals surface area contributed by atoms with Crippen LogP contribution in [-0.4, -0.2) is 9.13 Å². The first-order valence-corrected chi connectivity index (χ1v) is 4.62. The van der Waals surface area contributed by atoms with E-state index >= 15 is 0 Å². The maximum atomic E-state index is 11.6. The van der Waals surface area contributed by atoms with Gasteiger partial charge >= 0.3 is 5.69 Å². The third kappa shape index (κ3) is 1.33. The van der Waals surface area contributed by atoms with Crippen LogP contribution < -0.4 is 5.69 Å². The highest BCUT2D eigenvalue weighted by Gasteiger charge is 2.08.